The molecule has 1 fully saturated rings. The van der Waals surface area contributed by atoms with E-state index in [4.69, 9.17) is 5.73 Å². The fraction of sp³-hybridized carbons (Fsp3) is 0.533. The normalized spacial score (nSPS) is 25.1. The Kier molecular flexibility index (Phi) is 3.78. The third-order valence-corrected chi connectivity index (χ3v) is 5.44. The van der Waals surface area contributed by atoms with Crippen molar-refractivity contribution in [1.29, 1.82) is 0 Å². The Morgan fingerprint density at radius 1 is 1.35 bits per heavy atom. The average molecular weight is 291 g/mol. The predicted octanol–water partition coefficient (Wildman–Crippen LogP) is 2.85. The lowest BCUT2D eigenvalue weighted by Gasteiger charge is -2.24. The van der Waals surface area contributed by atoms with Crippen LogP contribution in [0.1, 0.15) is 31.2 Å². The fourth-order valence-corrected chi connectivity index (χ4v) is 4.08. The second-order valence-electron chi connectivity index (χ2n) is 5.60. The van der Waals surface area contributed by atoms with Gasteiger partial charge in [0.25, 0.3) is 0 Å². The molecular weight excluding hydrogens is 270 g/mol. The van der Waals surface area contributed by atoms with E-state index < -0.39 is 0 Å². The highest BCUT2D eigenvalue weighted by molar-refractivity contribution is 7.99. The van der Waals surface area contributed by atoms with Crippen molar-refractivity contribution in [2.45, 2.75) is 43.4 Å². The number of fused-ring (bicyclic) bond motifs is 1. The monoisotopic (exact) mass is 291 g/mol. The van der Waals surface area contributed by atoms with Gasteiger partial charge in [-0.15, -0.1) is 0 Å². The number of nitrogens with two attached hydrogens (primary N) is 1. The van der Waals surface area contributed by atoms with Crippen LogP contribution in [0.25, 0.3) is 0 Å². The van der Waals surface area contributed by atoms with Crippen LogP contribution in [-0.2, 0) is 11.2 Å². The Hall–Kier alpha value is -1.36. The van der Waals surface area contributed by atoms with Crippen molar-refractivity contribution in [1.82, 2.24) is 0 Å². The molecule has 1 aromatic rings. The lowest BCUT2D eigenvalue weighted by molar-refractivity contribution is -0.116. The van der Waals surface area contributed by atoms with Crippen molar-refractivity contribution in [2.75, 3.05) is 22.6 Å². The predicted molar refractivity (Wildman–Crippen MR) is 86.4 cm³/mol. The Morgan fingerprint density at radius 2 is 2.20 bits per heavy atom. The SMILES string of the molecule is CSC1CCCC1Nc1cc2c(cc1N)NC(=O)CC2. The number of nitrogens with one attached hydrogen (secondary N) is 2. The molecule has 2 atom stereocenters. The molecule has 1 aliphatic carbocycles. The first-order chi connectivity index (χ1) is 9.67. The maximum absolute atomic E-state index is 11.4. The van der Waals surface area contributed by atoms with Crippen LogP contribution in [0.15, 0.2) is 12.1 Å². The maximum atomic E-state index is 11.4. The summed E-state index contributed by atoms with van der Waals surface area (Å²) in [7, 11) is 0. The van der Waals surface area contributed by atoms with Gasteiger partial charge >= 0.3 is 0 Å². The van der Waals surface area contributed by atoms with Crippen molar-refractivity contribution in [3.63, 3.8) is 0 Å². The number of nitrogen functional groups attached to an aromatic ring is 1. The lowest BCUT2D eigenvalue weighted by Crippen LogP contribution is -2.26. The molecule has 0 spiro atoms. The second-order valence-corrected chi connectivity index (χ2v) is 6.68. The Morgan fingerprint density at radius 3 is 3.00 bits per heavy atom. The molecule has 1 aliphatic heterocycles. The van der Waals surface area contributed by atoms with Gasteiger partial charge in [0.2, 0.25) is 5.91 Å². The molecule has 108 valence electrons. The summed E-state index contributed by atoms with van der Waals surface area (Å²) in [5, 5.41) is 7.18. The van der Waals surface area contributed by atoms with Gasteiger partial charge in [0.05, 0.1) is 11.4 Å². The smallest absolute Gasteiger partial charge is 0.224 e. The zero-order chi connectivity index (χ0) is 14.1. The van der Waals surface area contributed by atoms with E-state index in [-0.39, 0.29) is 5.91 Å². The van der Waals surface area contributed by atoms with E-state index >= 15 is 0 Å². The Balaban J connectivity index is 1.82. The van der Waals surface area contributed by atoms with E-state index in [1.807, 2.05) is 17.8 Å². The third kappa shape index (κ3) is 2.59. The highest BCUT2D eigenvalue weighted by atomic mass is 32.2. The quantitative estimate of drug-likeness (QED) is 0.749. The second kappa shape index (κ2) is 5.56. The number of carbonyl (C=O) groups is 1. The summed E-state index contributed by atoms with van der Waals surface area (Å²) in [6, 6.07) is 4.50. The molecule has 2 aliphatic rings. The van der Waals surface area contributed by atoms with E-state index in [1.165, 1.54) is 24.8 Å². The number of carbonyl (C=O) groups excluding carboxylic acids is 1. The van der Waals surface area contributed by atoms with E-state index in [0.29, 0.717) is 17.7 Å². The Bertz CT molecular complexity index is 532. The minimum atomic E-state index is 0.0795. The molecule has 1 aromatic carbocycles. The van der Waals surface area contributed by atoms with E-state index in [9.17, 15) is 4.79 Å². The summed E-state index contributed by atoms with van der Waals surface area (Å²) in [5.74, 6) is 0.0795. The van der Waals surface area contributed by atoms with E-state index in [1.54, 1.807) is 0 Å². The minimum Gasteiger partial charge on any atom is -0.397 e. The van der Waals surface area contributed by atoms with Gasteiger partial charge in [0.15, 0.2) is 0 Å². The summed E-state index contributed by atoms with van der Waals surface area (Å²) >= 11 is 1.93. The largest absolute Gasteiger partial charge is 0.397 e. The maximum Gasteiger partial charge on any atom is 0.224 e. The van der Waals surface area contributed by atoms with Gasteiger partial charge in [-0.05, 0) is 43.2 Å². The molecule has 3 rings (SSSR count). The molecule has 5 heteroatoms. The number of hydrogen-bond acceptors (Lipinski definition) is 4. The van der Waals surface area contributed by atoms with Gasteiger partial charge < -0.3 is 16.4 Å². The van der Waals surface area contributed by atoms with E-state index in [2.05, 4.69) is 23.0 Å². The standard InChI is InChI=1S/C15H21N3OS/c1-20-14-4-2-3-11(14)17-13-7-9-5-6-15(19)18-12(9)8-10(13)16/h7-8,11,14,17H,2-6,16H2,1H3,(H,18,19). The highest BCUT2D eigenvalue weighted by Gasteiger charge is 2.27. The number of thioether (sulfide) groups is 1. The van der Waals surface area contributed by atoms with Gasteiger partial charge in [0.1, 0.15) is 0 Å². The molecule has 4 nitrogen and oxygen atoms in total. The summed E-state index contributed by atoms with van der Waals surface area (Å²) in [5.41, 5.74) is 9.93. The van der Waals surface area contributed by atoms with Crippen molar-refractivity contribution in [3.8, 4) is 0 Å². The summed E-state index contributed by atoms with van der Waals surface area (Å²) < 4.78 is 0. The zero-order valence-electron chi connectivity index (χ0n) is 11.7. The first kappa shape index (κ1) is 13.6. The van der Waals surface area contributed by atoms with Crippen molar-refractivity contribution >= 4 is 34.7 Å². The number of anilines is 3. The minimum absolute atomic E-state index is 0.0795. The number of hydrogen-bond donors (Lipinski definition) is 3. The summed E-state index contributed by atoms with van der Waals surface area (Å²) in [6.45, 7) is 0. The molecule has 0 saturated heterocycles. The first-order valence-corrected chi connectivity index (χ1v) is 8.47. The molecule has 1 heterocycles. The van der Waals surface area contributed by atoms with Crippen LogP contribution in [0, 0.1) is 0 Å². The number of benzene rings is 1. The lowest BCUT2D eigenvalue weighted by atomic mass is 10.0. The van der Waals surface area contributed by atoms with Crippen molar-refractivity contribution in [3.05, 3.63) is 17.7 Å². The van der Waals surface area contributed by atoms with Gasteiger partial charge in [0, 0.05) is 23.4 Å². The number of amides is 1. The fourth-order valence-electron chi connectivity index (χ4n) is 3.14. The van der Waals surface area contributed by atoms with Gasteiger partial charge in [-0.3, -0.25) is 4.79 Å². The zero-order valence-corrected chi connectivity index (χ0v) is 12.6. The van der Waals surface area contributed by atoms with Crippen LogP contribution in [-0.4, -0.2) is 23.5 Å². The first-order valence-electron chi connectivity index (χ1n) is 7.19. The summed E-state index contributed by atoms with van der Waals surface area (Å²) in [4.78, 5) is 11.4. The van der Waals surface area contributed by atoms with Crippen molar-refractivity contribution < 1.29 is 4.79 Å². The molecule has 4 N–H and O–H groups in total. The average Bonchev–Trinajstić information content (AvgIpc) is 2.87. The third-order valence-electron chi connectivity index (χ3n) is 4.27. The number of aryl methyl sites for hydroxylation is 1. The molecule has 2 unspecified atom stereocenters. The molecule has 20 heavy (non-hydrogen) atoms. The van der Waals surface area contributed by atoms with Crippen molar-refractivity contribution in [2.24, 2.45) is 0 Å². The van der Waals surface area contributed by atoms with Crippen LogP contribution in [0.3, 0.4) is 0 Å². The Labute approximate surface area is 123 Å². The topological polar surface area (TPSA) is 67.2 Å². The molecule has 1 saturated carbocycles. The van der Waals surface area contributed by atoms with Crippen LogP contribution >= 0.6 is 11.8 Å². The van der Waals surface area contributed by atoms with E-state index in [0.717, 1.165) is 23.5 Å². The van der Waals surface area contributed by atoms with Gasteiger partial charge in [-0.25, -0.2) is 0 Å². The molecule has 0 radical (unpaired) electrons. The molecular formula is C15H21N3OS. The molecule has 1 amide bonds. The van der Waals surface area contributed by atoms with Gasteiger partial charge in [-0.2, -0.15) is 11.8 Å². The van der Waals surface area contributed by atoms with Gasteiger partial charge in [-0.1, -0.05) is 6.42 Å². The van der Waals surface area contributed by atoms with Crippen LogP contribution < -0.4 is 16.4 Å². The number of rotatable bonds is 3. The van der Waals surface area contributed by atoms with Crippen LogP contribution in [0.4, 0.5) is 17.1 Å². The highest BCUT2D eigenvalue weighted by Crippen LogP contribution is 2.35. The molecule has 0 bridgehead atoms. The summed E-state index contributed by atoms with van der Waals surface area (Å²) in [6.07, 6.45) is 7.30. The molecule has 0 aromatic heterocycles. The van der Waals surface area contributed by atoms with Crippen LogP contribution in [0.5, 0.6) is 0 Å². The van der Waals surface area contributed by atoms with Crippen LogP contribution in [0.2, 0.25) is 0 Å².